The van der Waals surface area contributed by atoms with Crippen molar-refractivity contribution >= 4 is 11.9 Å². The molecule has 0 radical (unpaired) electrons. The molecule has 0 spiro atoms. The molecule has 0 aromatic heterocycles. The van der Waals surface area contributed by atoms with Crippen molar-refractivity contribution in [1.82, 2.24) is 5.32 Å². The van der Waals surface area contributed by atoms with Crippen LogP contribution in [0.3, 0.4) is 0 Å². The zero-order valence-corrected chi connectivity index (χ0v) is 17.3. The van der Waals surface area contributed by atoms with Gasteiger partial charge in [-0.15, -0.1) is 0 Å². The number of likely N-dealkylation sites (N-methyl/N-ethyl adjacent to an activating group) is 1. The van der Waals surface area contributed by atoms with Crippen molar-refractivity contribution in [2.24, 2.45) is 11.8 Å². The minimum absolute atomic E-state index is 0.257. The normalized spacial score (nSPS) is 17.4. The number of carbonyl (C=O) groups is 2. The smallest absolute Gasteiger partial charge is 0.314 e. The first-order chi connectivity index (χ1) is 12.3. The fourth-order valence-electron chi connectivity index (χ4n) is 3.31. The van der Waals surface area contributed by atoms with Crippen molar-refractivity contribution in [2.75, 3.05) is 13.6 Å². The lowest BCUT2D eigenvalue weighted by atomic mass is 9.64. The summed E-state index contributed by atoms with van der Waals surface area (Å²) >= 11 is 0. The molecule has 0 fully saturated rings. The monoisotopic (exact) mass is 379 g/mol. The molecule has 1 aromatic carbocycles. The van der Waals surface area contributed by atoms with E-state index in [1.165, 1.54) is 0 Å². The van der Waals surface area contributed by atoms with Crippen LogP contribution in [0.1, 0.15) is 64.3 Å². The molecule has 1 aromatic rings. The number of aliphatic hydroxyl groups is 1. The molecule has 0 saturated carbocycles. The van der Waals surface area contributed by atoms with E-state index in [2.05, 4.69) is 5.32 Å². The van der Waals surface area contributed by atoms with Crippen LogP contribution in [0.2, 0.25) is 0 Å². The second-order valence-corrected chi connectivity index (χ2v) is 8.20. The molecular weight excluding hydrogens is 346 g/mol. The molecule has 6 heteroatoms. The van der Waals surface area contributed by atoms with E-state index >= 15 is 0 Å². The minimum atomic E-state index is -1.30. The molecule has 0 amide bonds. The Labute approximate surface area is 161 Å². The summed E-state index contributed by atoms with van der Waals surface area (Å²) in [7, 11) is 1.72. The van der Waals surface area contributed by atoms with Gasteiger partial charge in [0.1, 0.15) is 0 Å². The third-order valence-corrected chi connectivity index (χ3v) is 6.14. The lowest BCUT2D eigenvalue weighted by Crippen LogP contribution is -2.44. The van der Waals surface area contributed by atoms with Gasteiger partial charge < -0.3 is 20.6 Å². The van der Waals surface area contributed by atoms with E-state index in [1.54, 1.807) is 39.1 Å². The number of aliphatic carboxylic acids is 2. The third-order valence-electron chi connectivity index (χ3n) is 6.14. The summed E-state index contributed by atoms with van der Waals surface area (Å²) < 4.78 is 0. The van der Waals surface area contributed by atoms with Gasteiger partial charge in [0, 0.05) is 6.54 Å². The summed E-state index contributed by atoms with van der Waals surface area (Å²) in [5.41, 5.74) is -1.07. The highest BCUT2D eigenvalue weighted by molar-refractivity contribution is 5.86. The van der Waals surface area contributed by atoms with E-state index in [0.717, 1.165) is 0 Å². The fraction of sp³-hybridized carbons (Fsp3) is 0.619. The van der Waals surface area contributed by atoms with Crippen LogP contribution in [0.5, 0.6) is 0 Å². The average molecular weight is 379 g/mol. The van der Waals surface area contributed by atoms with E-state index in [4.69, 9.17) is 0 Å². The number of rotatable bonds is 9. The number of carboxylic acids is 2. The van der Waals surface area contributed by atoms with Crippen molar-refractivity contribution in [1.29, 1.82) is 0 Å². The largest absolute Gasteiger partial charge is 0.481 e. The van der Waals surface area contributed by atoms with Gasteiger partial charge in [-0.25, -0.2) is 0 Å². The first-order valence-corrected chi connectivity index (χ1v) is 9.29. The van der Waals surface area contributed by atoms with E-state index in [1.807, 2.05) is 27.7 Å². The first-order valence-electron chi connectivity index (χ1n) is 9.29. The number of aliphatic hydroxyl groups excluding tert-OH is 1. The van der Waals surface area contributed by atoms with Gasteiger partial charge in [-0.3, -0.25) is 9.59 Å². The number of hydrogen-bond acceptors (Lipinski definition) is 4. The van der Waals surface area contributed by atoms with Crippen molar-refractivity contribution in [2.45, 2.75) is 58.5 Å². The molecule has 0 aliphatic heterocycles. The fourth-order valence-corrected chi connectivity index (χ4v) is 3.31. The lowest BCUT2D eigenvalue weighted by molar-refractivity contribution is -0.147. The maximum atomic E-state index is 12.3. The Morgan fingerprint density at radius 2 is 1.41 bits per heavy atom. The first kappa shape index (κ1) is 23.1. The van der Waals surface area contributed by atoms with E-state index in [9.17, 15) is 24.9 Å². The zero-order chi connectivity index (χ0) is 21.2. The highest BCUT2D eigenvalue weighted by Crippen LogP contribution is 2.43. The molecule has 27 heavy (non-hydrogen) atoms. The van der Waals surface area contributed by atoms with Crippen molar-refractivity contribution in [3.8, 4) is 0 Å². The van der Waals surface area contributed by atoms with Crippen LogP contribution in [0.4, 0.5) is 0 Å². The quantitative estimate of drug-likeness (QED) is 0.526. The standard InChI is InChI=1S/C21H33NO5/c1-12(2)20(5,18(24)25)15-9-8-14(17(23)11-22-7)10-16(15)21(6,13(3)4)19(26)27/h8-10,12-13,17,22-23H,11H2,1-7H3,(H,24,25)(H,26,27). The molecule has 3 unspecified atom stereocenters. The maximum Gasteiger partial charge on any atom is 0.314 e. The van der Waals surface area contributed by atoms with Crippen molar-refractivity contribution in [3.05, 3.63) is 34.9 Å². The molecule has 0 aliphatic rings. The Bertz CT molecular complexity index is 700. The molecule has 1 rings (SSSR count). The van der Waals surface area contributed by atoms with Gasteiger partial charge in [-0.2, -0.15) is 0 Å². The highest BCUT2D eigenvalue weighted by Gasteiger charge is 2.47. The second kappa shape index (κ2) is 8.40. The summed E-state index contributed by atoms with van der Waals surface area (Å²) in [6.07, 6.45) is -0.817. The summed E-state index contributed by atoms with van der Waals surface area (Å²) in [4.78, 5) is 24.5. The highest BCUT2D eigenvalue weighted by atomic mass is 16.4. The van der Waals surface area contributed by atoms with Crippen LogP contribution in [0.15, 0.2) is 18.2 Å². The van der Waals surface area contributed by atoms with Crippen molar-refractivity contribution in [3.63, 3.8) is 0 Å². The van der Waals surface area contributed by atoms with Gasteiger partial charge >= 0.3 is 11.9 Å². The average Bonchev–Trinajstić information content (AvgIpc) is 2.59. The minimum Gasteiger partial charge on any atom is -0.481 e. The third kappa shape index (κ3) is 4.01. The topological polar surface area (TPSA) is 107 Å². The molecule has 152 valence electrons. The van der Waals surface area contributed by atoms with Crippen LogP contribution in [0, 0.1) is 11.8 Å². The van der Waals surface area contributed by atoms with Crippen molar-refractivity contribution < 1.29 is 24.9 Å². The van der Waals surface area contributed by atoms with Gasteiger partial charge in [0.2, 0.25) is 0 Å². The molecule has 0 aliphatic carbocycles. The maximum absolute atomic E-state index is 12.3. The van der Waals surface area contributed by atoms with Crippen LogP contribution in [0.25, 0.3) is 0 Å². The Morgan fingerprint density at radius 3 is 1.78 bits per heavy atom. The number of benzene rings is 1. The lowest BCUT2D eigenvalue weighted by Gasteiger charge is -2.38. The van der Waals surface area contributed by atoms with E-state index < -0.39 is 28.9 Å². The molecular formula is C21H33NO5. The zero-order valence-electron chi connectivity index (χ0n) is 17.3. The summed E-state index contributed by atoms with van der Waals surface area (Å²) in [5, 5.41) is 33.3. The van der Waals surface area contributed by atoms with Gasteiger partial charge in [0.15, 0.2) is 0 Å². The number of carboxylic acid groups (broad SMARTS) is 2. The molecule has 3 atom stereocenters. The Hall–Kier alpha value is -1.92. The Kier molecular flexibility index (Phi) is 7.19. The molecule has 0 bridgehead atoms. The van der Waals surface area contributed by atoms with Crippen LogP contribution >= 0.6 is 0 Å². The van der Waals surface area contributed by atoms with Crippen LogP contribution in [-0.2, 0) is 20.4 Å². The van der Waals surface area contributed by atoms with Gasteiger partial charge in [-0.1, -0.05) is 45.9 Å². The second-order valence-electron chi connectivity index (χ2n) is 8.20. The SMILES string of the molecule is CNCC(O)c1ccc(C(C)(C(=O)O)C(C)C)c(C(C)(C(=O)O)C(C)C)c1. The molecule has 4 N–H and O–H groups in total. The van der Waals surface area contributed by atoms with Crippen LogP contribution in [-0.4, -0.2) is 40.9 Å². The summed E-state index contributed by atoms with van der Waals surface area (Å²) in [5.74, 6) is -2.56. The van der Waals surface area contributed by atoms with Gasteiger partial charge in [0.05, 0.1) is 16.9 Å². The molecule has 0 saturated heterocycles. The molecule has 6 nitrogen and oxygen atoms in total. The predicted octanol–water partition coefficient (Wildman–Crippen LogP) is 2.94. The summed E-state index contributed by atoms with van der Waals surface area (Å²) in [6, 6.07) is 5.02. The Balaban J connectivity index is 3.90. The molecule has 0 heterocycles. The van der Waals surface area contributed by atoms with E-state index in [0.29, 0.717) is 23.2 Å². The van der Waals surface area contributed by atoms with E-state index in [-0.39, 0.29) is 11.8 Å². The Morgan fingerprint density at radius 1 is 0.963 bits per heavy atom. The number of hydrogen-bond donors (Lipinski definition) is 4. The summed E-state index contributed by atoms with van der Waals surface area (Å²) in [6.45, 7) is 10.8. The number of nitrogens with one attached hydrogen (secondary N) is 1. The van der Waals surface area contributed by atoms with Crippen LogP contribution < -0.4 is 5.32 Å². The predicted molar refractivity (Wildman–Crippen MR) is 105 cm³/mol. The van der Waals surface area contributed by atoms with Gasteiger partial charge in [-0.05, 0) is 49.4 Å². The van der Waals surface area contributed by atoms with Gasteiger partial charge in [0.25, 0.3) is 0 Å².